The molecule has 0 spiro atoms. The summed E-state index contributed by atoms with van der Waals surface area (Å²) in [5.41, 5.74) is 0.320. The van der Waals surface area contributed by atoms with E-state index < -0.39 is 17.9 Å². The van der Waals surface area contributed by atoms with Gasteiger partial charge in [-0.1, -0.05) is 0 Å². The minimum Gasteiger partial charge on any atom is -0.481 e. The highest BCUT2D eigenvalue weighted by Crippen LogP contribution is 2.33. The first-order valence-electron chi connectivity index (χ1n) is 9.03. The minimum absolute atomic E-state index is 0.147. The second-order valence-corrected chi connectivity index (χ2v) is 7.81. The number of carboxylic acid groups (broad SMARTS) is 1. The molecule has 1 saturated carbocycles. The SMILES string of the molecule is CC(C)(CCC1CCC(C(=O)O)CC1)NC[C@H](O)c1cncc(F)c1. The highest BCUT2D eigenvalue weighted by atomic mass is 19.1. The zero-order valence-corrected chi connectivity index (χ0v) is 15.0. The smallest absolute Gasteiger partial charge is 0.306 e. The molecule has 0 aromatic carbocycles. The molecule has 0 saturated heterocycles. The van der Waals surface area contributed by atoms with Crippen LogP contribution in [0.15, 0.2) is 18.5 Å². The molecule has 1 fully saturated rings. The number of halogens is 1. The van der Waals surface area contributed by atoms with Crippen molar-refractivity contribution in [1.82, 2.24) is 10.3 Å². The van der Waals surface area contributed by atoms with Gasteiger partial charge in [-0.2, -0.15) is 0 Å². The molecule has 3 N–H and O–H groups in total. The molecule has 1 aromatic heterocycles. The van der Waals surface area contributed by atoms with E-state index in [0.29, 0.717) is 18.0 Å². The quantitative estimate of drug-likeness (QED) is 0.669. The number of β-amino-alcohol motifs (C(OH)–C–C–N with tert-alkyl or cyclic N) is 1. The van der Waals surface area contributed by atoms with Crippen LogP contribution in [0.2, 0.25) is 0 Å². The van der Waals surface area contributed by atoms with Gasteiger partial charge in [-0.05, 0) is 64.4 Å². The molecule has 5 nitrogen and oxygen atoms in total. The van der Waals surface area contributed by atoms with Gasteiger partial charge in [-0.3, -0.25) is 9.78 Å². The van der Waals surface area contributed by atoms with Crippen LogP contribution in [0.3, 0.4) is 0 Å². The van der Waals surface area contributed by atoms with E-state index in [-0.39, 0.29) is 11.5 Å². The monoisotopic (exact) mass is 352 g/mol. The second-order valence-electron chi connectivity index (χ2n) is 7.81. The molecular formula is C19H29FN2O3. The van der Waals surface area contributed by atoms with Crippen molar-refractivity contribution in [1.29, 1.82) is 0 Å². The first-order chi connectivity index (χ1) is 11.8. The predicted octanol–water partition coefficient (Wildman–Crippen LogP) is 3.29. The average molecular weight is 352 g/mol. The van der Waals surface area contributed by atoms with Crippen molar-refractivity contribution in [2.24, 2.45) is 11.8 Å². The van der Waals surface area contributed by atoms with Crippen LogP contribution in [0.5, 0.6) is 0 Å². The number of hydrogen-bond acceptors (Lipinski definition) is 4. The van der Waals surface area contributed by atoms with Gasteiger partial charge in [0.1, 0.15) is 5.82 Å². The van der Waals surface area contributed by atoms with Crippen LogP contribution in [0, 0.1) is 17.7 Å². The Morgan fingerprint density at radius 1 is 1.36 bits per heavy atom. The number of aliphatic hydroxyl groups excluding tert-OH is 1. The number of nitrogens with zero attached hydrogens (tertiary/aromatic N) is 1. The minimum atomic E-state index is -0.798. The van der Waals surface area contributed by atoms with Crippen molar-refractivity contribution in [2.75, 3.05) is 6.54 Å². The van der Waals surface area contributed by atoms with Crippen LogP contribution in [0.4, 0.5) is 4.39 Å². The Morgan fingerprint density at radius 3 is 2.64 bits per heavy atom. The standard InChI is InChI=1S/C19H29FN2O3/c1-19(2,8-7-13-3-5-14(6-4-13)18(24)25)22-12-17(23)15-9-16(20)11-21-10-15/h9-11,13-14,17,22-23H,3-8,12H2,1-2H3,(H,24,25)/t13?,14?,17-/m0/s1. The maximum absolute atomic E-state index is 13.2. The lowest BCUT2D eigenvalue weighted by atomic mass is 9.78. The molecule has 1 atom stereocenters. The highest BCUT2D eigenvalue weighted by Gasteiger charge is 2.27. The molecule has 1 heterocycles. The molecule has 2 rings (SSSR count). The Balaban J connectivity index is 1.73. The number of rotatable bonds is 8. The normalized spacial score (nSPS) is 22.6. The number of carbonyl (C=O) groups is 1. The lowest BCUT2D eigenvalue weighted by Gasteiger charge is -2.32. The van der Waals surface area contributed by atoms with Gasteiger partial charge in [-0.15, -0.1) is 0 Å². The lowest BCUT2D eigenvalue weighted by molar-refractivity contribution is -0.143. The Hall–Kier alpha value is -1.53. The van der Waals surface area contributed by atoms with Crippen LogP contribution in [0.1, 0.15) is 64.0 Å². The average Bonchev–Trinajstić information content (AvgIpc) is 2.58. The first kappa shape index (κ1) is 19.8. The van der Waals surface area contributed by atoms with Gasteiger partial charge in [0.05, 0.1) is 18.2 Å². The molecule has 0 aliphatic heterocycles. The molecule has 140 valence electrons. The summed E-state index contributed by atoms with van der Waals surface area (Å²) in [6.45, 7) is 4.52. The molecule has 0 amide bonds. The first-order valence-corrected chi connectivity index (χ1v) is 9.03. The van der Waals surface area contributed by atoms with E-state index in [9.17, 15) is 14.3 Å². The summed E-state index contributed by atoms with van der Waals surface area (Å²) >= 11 is 0. The van der Waals surface area contributed by atoms with E-state index in [2.05, 4.69) is 24.1 Å². The summed E-state index contributed by atoms with van der Waals surface area (Å²) in [6.07, 6.45) is 7.30. The lowest BCUT2D eigenvalue weighted by Crippen LogP contribution is -2.42. The molecule has 0 bridgehead atoms. The van der Waals surface area contributed by atoms with Crippen LogP contribution in [-0.2, 0) is 4.79 Å². The number of aliphatic hydroxyl groups is 1. The zero-order valence-electron chi connectivity index (χ0n) is 15.0. The van der Waals surface area contributed by atoms with Gasteiger partial charge in [0.15, 0.2) is 0 Å². The molecule has 1 aliphatic carbocycles. The number of nitrogens with one attached hydrogen (secondary N) is 1. The van der Waals surface area contributed by atoms with Crippen molar-refractivity contribution in [3.63, 3.8) is 0 Å². The molecule has 6 heteroatoms. The van der Waals surface area contributed by atoms with Crippen LogP contribution in [0.25, 0.3) is 0 Å². The van der Waals surface area contributed by atoms with Gasteiger partial charge in [0, 0.05) is 23.8 Å². The summed E-state index contributed by atoms with van der Waals surface area (Å²) in [4.78, 5) is 14.8. The molecule has 1 aromatic rings. The largest absolute Gasteiger partial charge is 0.481 e. The van der Waals surface area contributed by atoms with Gasteiger partial charge in [-0.25, -0.2) is 4.39 Å². The Morgan fingerprint density at radius 2 is 2.04 bits per heavy atom. The number of aromatic nitrogens is 1. The van der Waals surface area contributed by atoms with Gasteiger partial charge in [0.25, 0.3) is 0 Å². The molecule has 0 unspecified atom stereocenters. The van der Waals surface area contributed by atoms with E-state index in [1.807, 2.05) is 0 Å². The summed E-state index contributed by atoms with van der Waals surface area (Å²) in [6, 6.07) is 1.30. The number of carboxylic acids is 1. The van der Waals surface area contributed by atoms with Crippen molar-refractivity contribution in [3.8, 4) is 0 Å². The predicted molar refractivity (Wildman–Crippen MR) is 93.6 cm³/mol. The highest BCUT2D eigenvalue weighted by molar-refractivity contribution is 5.69. The summed E-state index contributed by atoms with van der Waals surface area (Å²) in [5, 5.41) is 22.6. The maximum Gasteiger partial charge on any atom is 0.306 e. The molecule has 0 radical (unpaired) electrons. The number of pyridine rings is 1. The van der Waals surface area contributed by atoms with Crippen molar-refractivity contribution in [2.45, 2.75) is 64.0 Å². The van der Waals surface area contributed by atoms with Crippen molar-refractivity contribution in [3.05, 3.63) is 29.8 Å². The third-order valence-corrected chi connectivity index (χ3v) is 5.26. The van der Waals surface area contributed by atoms with E-state index in [1.54, 1.807) is 0 Å². The third-order valence-electron chi connectivity index (χ3n) is 5.26. The molecular weight excluding hydrogens is 323 g/mol. The summed E-state index contributed by atoms with van der Waals surface area (Å²) in [5.74, 6) is -0.708. The van der Waals surface area contributed by atoms with Crippen molar-refractivity contribution < 1.29 is 19.4 Å². The fourth-order valence-corrected chi connectivity index (χ4v) is 3.45. The summed E-state index contributed by atoms with van der Waals surface area (Å²) in [7, 11) is 0. The number of hydrogen-bond donors (Lipinski definition) is 3. The maximum atomic E-state index is 13.2. The zero-order chi connectivity index (χ0) is 18.4. The topological polar surface area (TPSA) is 82.5 Å². The molecule has 1 aliphatic rings. The summed E-state index contributed by atoms with van der Waals surface area (Å²) < 4.78 is 13.2. The Labute approximate surface area is 148 Å². The van der Waals surface area contributed by atoms with Crippen molar-refractivity contribution >= 4 is 5.97 Å². The number of aliphatic carboxylic acids is 1. The Bertz CT molecular complexity index is 572. The third kappa shape index (κ3) is 6.36. The van der Waals surface area contributed by atoms with Gasteiger partial charge < -0.3 is 15.5 Å². The van der Waals surface area contributed by atoms with Crippen LogP contribution >= 0.6 is 0 Å². The van der Waals surface area contributed by atoms with Crippen LogP contribution < -0.4 is 5.32 Å². The fraction of sp³-hybridized carbons (Fsp3) is 0.684. The fourth-order valence-electron chi connectivity index (χ4n) is 3.45. The van der Waals surface area contributed by atoms with E-state index in [4.69, 9.17) is 5.11 Å². The van der Waals surface area contributed by atoms with E-state index >= 15 is 0 Å². The van der Waals surface area contributed by atoms with E-state index in [0.717, 1.165) is 44.7 Å². The van der Waals surface area contributed by atoms with Gasteiger partial charge >= 0.3 is 5.97 Å². The van der Waals surface area contributed by atoms with Gasteiger partial charge in [0.2, 0.25) is 0 Å². The Kier molecular flexibility index (Phi) is 6.90. The van der Waals surface area contributed by atoms with E-state index in [1.165, 1.54) is 12.3 Å². The second kappa shape index (κ2) is 8.72. The van der Waals surface area contributed by atoms with Crippen LogP contribution in [-0.4, -0.2) is 33.3 Å². The molecule has 25 heavy (non-hydrogen) atoms.